The number of pyridine rings is 1. The maximum Gasteiger partial charge on any atom is 0.100 e. The van der Waals surface area contributed by atoms with Gasteiger partial charge in [-0.15, -0.1) is 0 Å². The second-order valence-electron chi connectivity index (χ2n) is 6.73. The van der Waals surface area contributed by atoms with Crippen LogP contribution in [0.25, 0.3) is 0 Å². The lowest BCUT2D eigenvalue weighted by atomic mass is 10.0. The van der Waals surface area contributed by atoms with E-state index in [1.807, 2.05) is 25.1 Å². The molecule has 2 aromatic heterocycles. The van der Waals surface area contributed by atoms with Crippen molar-refractivity contribution in [3.8, 4) is 0 Å². The Bertz CT molecular complexity index is 661. The monoisotopic (exact) mass is 344 g/mol. The number of hydrogen-bond acceptors (Lipinski definition) is 5. The number of ether oxygens (including phenoxy) is 2. The molecule has 4 nitrogen and oxygen atoms in total. The molecule has 0 bridgehead atoms. The second kappa shape index (κ2) is 7.31. The highest BCUT2D eigenvalue weighted by atomic mass is 32.1. The van der Waals surface area contributed by atoms with Crippen LogP contribution in [-0.4, -0.2) is 41.3 Å². The molecule has 0 saturated carbocycles. The highest BCUT2D eigenvalue weighted by Crippen LogP contribution is 2.32. The summed E-state index contributed by atoms with van der Waals surface area (Å²) in [5, 5.41) is 4.39. The van der Waals surface area contributed by atoms with Gasteiger partial charge in [0.25, 0.3) is 0 Å². The van der Waals surface area contributed by atoms with Crippen molar-refractivity contribution in [3.05, 3.63) is 52.0 Å². The molecule has 0 aromatic carbocycles. The van der Waals surface area contributed by atoms with Gasteiger partial charge < -0.3 is 9.47 Å². The fourth-order valence-corrected chi connectivity index (χ4v) is 4.48. The van der Waals surface area contributed by atoms with Gasteiger partial charge in [-0.1, -0.05) is 6.07 Å². The topological polar surface area (TPSA) is 34.6 Å². The average molecular weight is 344 g/mol. The lowest BCUT2D eigenvalue weighted by Gasteiger charge is -2.32. The lowest BCUT2D eigenvalue weighted by molar-refractivity contribution is -0.0824. The fourth-order valence-electron chi connectivity index (χ4n) is 3.82. The van der Waals surface area contributed by atoms with Crippen LogP contribution in [0.4, 0.5) is 0 Å². The van der Waals surface area contributed by atoms with Crippen molar-refractivity contribution in [2.75, 3.05) is 13.2 Å². The minimum absolute atomic E-state index is 0.135. The Labute approximate surface area is 147 Å². The number of rotatable bonds is 5. The zero-order chi connectivity index (χ0) is 16.4. The van der Waals surface area contributed by atoms with E-state index in [4.69, 9.17) is 9.47 Å². The van der Waals surface area contributed by atoms with Crippen molar-refractivity contribution in [3.63, 3.8) is 0 Å². The van der Waals surface area contributed by atoms with Crippen molar-refractivity contribution < 1.29 is 9.47 Å². The van der Waals surface area contributed by atoms with Gasteiger partial charge in [0, 0.05) is 31.4 Å². The van der Waals surface area contributed by atoms with E-state index in [0.717, 1.165) is 37.5 Å². The molecular formula is C19H24N2O2S. The van der Waals surface area contributed by atoms with E-state index in [1.165, 1.54) is 12.0 Å². The van der Waals surface area contributed by atoms with Crippen molar-refractivity contribution >= 4 is 11.3 Å². The molecule has 0 aliphatic carbocycles. The molecule has 0 amide bonds. The molecule has 24 heavy (non-hydrogen) atoms. The molecule has 2 aromatic rings. The standard InChI is InChI=1S/C19H24N2O2S/c1-14-4-2-5-16(20-14)12-23-18-11-21(10-15-7-9-24-13-15)17-6-3-8-22-19(17)18/h2,4-5,7,9,13,17-19H,3,6,8,10-12H2,1H3/t17-,18+,19+/m0/s1. The molecular weight excluding hydrogens is 320 g/mol. The summed E-state index contributed by atoms with van der Waals surface area (Å²) in [5.41, 5.74) is 3.43. The Morgan fingerprint density at radius 1 is 1.38 bits per heavy atom. The highest BCUT2D eigenvalue weighted by molar-refractivity contribution is 7.07. The Morgan fingerprint density at radius 3 is 3.17 bits per heavy atom. The average Bonchev–Trinajstić information content (AvgIpc) is 3.22. The Morgan fingerprint density at radius 2 is 2.33 bits per heavy atom. The SMILES string of the molecule is Cc1cccc(CO[C@@H]2CN(Cc3ccsc3)[C@H]3CCCO[C@@H]23)n1. The van der Waals surface area contributed by atoms with Gasteiger partial charge in [0.1, 0.15) is 6.10 Å². The number of aryl methyl sites for hydroxylation is 1. The first kappa shape index (κ1) is 16.2. The summed E-state index contributed by atoms with van der Waals surface area (Å²) in [6.07, 6.45) is 2.68. The van der Waals surface area contributed by atoms with Crippen LogP contribution >= 0.6 is 11.3 Å². The van der Waals surface area contributed by atoms with E-state index in [-0.39, 0.29) is 12.2 Å². The summed E-state index contributed by atoms with van der Waals surface area (Å²) < 4.78 is 12.3. The zero-order valence-corrected chi connectivity index (χ0v) is 14.9. The number of aromatic nitrogens is 1. The molecule has 2 fully saturated rings. The summed E-state index contributed by atoms with van der Waals surface area (Å²) >= 11 is 1.76. The lowest BCUT2D eigenvalue weighted by Crippen LogP contribution is -2.41. The maximum absolute atomic E-state index is 6.24. The van der Waals surface area contributed by atoms with Gasteiger partial charge in [0.15, 0.2) is 0 Å². The Kier molecular flexibility index (Phi) is 4.94. The van der Waals surface area contributed by atoms with Crippen LogP contribution in [0.5, 0.6) is 0 Å². The molecule has 0 radical (unpaired) electrons. The Balaban J connectivity index is 1.42. The number of likely N-dealkylation sites (tertiary alicyclic amines) is 1. The predicted octanol–water partition coefficient (Wildman–Crippen LogP) is 3.40. The molecule has 4 heterocycles. The number of fused-ring (bicyclic) bond motifs is 1. The van der Waals surface area contributed by atoms with Crippen LogP contribution in [0.15, 0.2) is 35.0 Å². The minimum Gasteiger partial charge on any atom is -0.374 e. The second-order valence-corrected chi connectivity index (χ2v) is 7.51. The first-order valence-corrected chi connectivity index (χ1v) is 9.65. The molecule has 4 rings (SSSR count). The smallest absolute Gasteiger partial charge is 0.100 e. The largest absolute Gasteiger partial charge is 0.374 e. The third kappa shape index (κ3) is 3.54. The molecule has 3 atom stereocenters. The first-order chi connectivity index (χ1) is 11.8. The van der Waals surface area contributed by atoms with Gasteiger partial charge in [-0.05, 0) is 54.3 Å². The van der Waals surface area contributed by atoms with Gasteiger partial charge in [-0.2, -0.15) is 11.3 Å². The minimum atomic E-state index is 0.135. The summed E-state index contributed by atoms with van der Waals surface area (Å²) in [6, 6.07) is 8.79. The van der Waals surface area contributed by atoms with E-state index < -0.39 is 0 Å². The van der Waals surface area contributed by atoms with Crippen molar-refractivity contribution in [1.82, 2.24) is 9.88 Å². The van der Waals surface area contributed by atoms with Crippen molar-refractivity contribution in [2.24, 2.45) is 0 Å². The summed E-state index contributed by atoms with van der Waals surface area (Å²) in [7, 11) is 0. The van der Waals surface area contributed by atoms with E-state index in [1.54, 1.807) is 11.3 Å². The third-order valence-corrected chi connectivity index (χ3v) is 5.67. The van der Waals surface area contributed by atoms with Crippen LogP contribution in [0.1, 0.15) is 29.8 Å². The Hall–Kier alpha value is -1.27. The third-order valence-electron chi connectivity index (χ3n) is 4.94. The van der Waals surface area contributed by atoms with Gasteiger partial charge in [0.2, 0.25) is 0 Å². The van der Waals surface area contributed by atoms with Gasteiger partial charge in [-0.3, -0.25) is 9.88 Å². The highest BCUT2D eigenvalue weighted by Gasteiger charge is 2.44. The van der Waals surface area contributed by atoms with Crippen LogP contribution in [0, 0.1) is 6.92 Å². The van der Waals surface area contributed by atoms with Gasteiger partial charge in [0.05, 0.1) is 18.4 Å². The molecule has 2 saturated heterocycles. The molecule has 2 aliphatic heterocycles. The molecule has 5 heteroatoms. The van der Waals surface area contributed by atoms with Gasteiger partial charge in [-0.25, -0.2) is 0 Å². The molecule has 2 aliphatic rings. The van der Waals surface area contributed by atoms with E-state index >= 15 is 0 Å². The fraction of sp³-hybridized carbons (Fsp3) is 0.526. The van der Waals surface area contributed by atoms with Crippen molar-refractivity contribution in [2.45, 2.75) is 51.2 Å². The molecule has 128 valence electrons. The summed E-state index contributed by atoms with van der Waals surface area (Å²) in [5.74, 6) is 0. The quantitative estimate of drug-likeness (QED) is 0.833. The number of nitrogens with zero attached hydrogens (tertiary/aromatic N) is 2. The predicted molar refractivity (Wildman–Crippen MR) is 95.0 cm³/mol. The van der Waals surface area contributed by atoms with Gasteiger partial charge >= 0.3 is 0 Å². The van der Waals surface area contributed by atoms with Crippen LogP contribution in [0.2, 0.25) is 0 Å². The molecule has 0 N–H and O–H groups in total. The summed E-state index contributed by atoms with van der Waals surface area (Å²) in [6.45, 7) is 5.37. The maximum atomic E-state index is 6.24. The first-order valence-electron chi connectivity index (χ1n) is 8.70. The van der Waals surface area contributed by atoms with Crippen LogP contribution in [0.3, 0.4) is 0 Å². The van der Waals surface area contributed by atoms with Crippen LogP contribution < -0.4 is 0 Å². The zero-order valence-electron chi connectivity index (χ0n) is 14.1. The van der Waals surface area contributed by atoms with E-state index in [9.17, 15) is 0 Å². The summed E-state index contributed by atoms with van der Waals surface area (Å²) in [4.78, 5) is 7.08. The number of hydrogen-bond donors (Lipinski definition) is 0. The normalized spacial score (nSPS) is 27.3. The van der Waals surface area contributed by atoms with Crippen molar-refractivity contribution in [1.29, 1.82) is 0 Å². The molecule has 0 spiro atoms. The van der Waals surface area contributed by atoms with Crippen LogP contribution in [-0.2, 0) is 22.6 Å². The van der Waals surface area contributed by atoms with E-state index in [2.05, 4.69) is 26.7 Å². The van der Waals surface area contributed by atoms with E-state index in [0.29, 0.717) is 12.6 Å². The molecule has 0 unspecified atom stereocenters. The number of thiophene rings is 1.